The normalized spacial score (nSPS) is 17.5. The molecule has 0 bridgehead atoms. The summed E-state index contributed by atoms with van der Waals surface area (Å²) in [7, 11) is 0. The third kappa shape index (κ3) is 4.13. The average Bonchev–Trinajstić information content (AvgIpc) is 2.37. The molecule has 0 saturated heterocycles. The minimum absolute atomic E-state index is 0.0275. The Bertz CT molecular complexity index is 461. The largest absolute Gasteiger partial charge is 0.486 e. The summed E-state index contributed by atoms with van der Waals surface area (Å²) in [5.74, 6) is 1.06. The van der Waals surface area contributed by atoms with Crippen molar-refractivity contribution >= 4 is 5.97 Å². The Balaban J connectivity index is 1.96. The van der Waals surface area contributed by atoms with E-state index in [-0.39, 0.29) is 12.6 Å². The number of ether oxygens (including phenoxy) is 2. The fourth-order valence-corrected chi connectivity index (χ4v) is 2.35. The number of para-hydroxylation sites is 2. The summed E-state index contributed by atoms with van der Waals surface area (Å²) in [5.41, 5.74) is 0. The molecule has 0 radical (unpaired) electrons. The lowest BCUT2D eigenvalue weighted by Gasteiger charge is -2.31. The zero-order chi connectivity index (χ0) is 14.5. The van der Waals surface area contributed by atoms with Crippen molar-refractivity contribution in [3.63, 3.8) is 0 Å². The molecule has 1 unspecified atom stereocenters. The number of carbonyl (C=O) groups is 1. The smallest absolute Gasteiger partial charge is 0.317 e. The van der Waals surface area contributed by atoms with Gasteiger partial charge in [0, 0.05) is 13.1 Å². The van der Waals surface area contributed by atoms with E-state index in [1.54, 1.807) is 0 Å². The van der Waals surface area contributed by atoms with Crippen LogP contribution in [-0.4, -0.2) is 48.3 Å². The van der Waals surface area contributed by atoms with Gasteiger partial charge in [-0.25, -0.2) is 0 Å². The van der Waals surface area contributed by atoms with Crippen LogP contribution in [0.2, 0.25) is 0 Å². The molecule has 1 aromatic carbocycles. The minimum Gasteiger partial charge on any atom is -0.486 e. The van der Waals surface area contributed by atoms with E-state index in [1.807, 2.05) is 29.2 Å². The minimum atomic E-state index is -0.817. The number of hydrogen-bond acceptors (Lipinski definition) is 4. The van der Waals surface area contributed by atoms with Gasteiger partial charge in [-0.15, -0.1) is 0 Å². The summed E-state index contributed by atoms with van der Waals surface area (Å²) in [5, 5.41) is 8.97. The van der Waals surface area contributed by atoms with Crippen LogP contribution in [0.4, 0.5) is 0 Å². The van der Waals surface area contributed by atoms with Crippen molar-refractivity contribution in [2.24, 2.45) is 5.92 Å². The molecule has 0 aliphatic carbocycles. The number of carboxylic acid groups (broad SMARTS) is 1. The molecule has 1 aliphatic rings. The highest BCUT2D eigenvalue weighted by Crippen LogP contribution is 2.31. The first kappa shape index (κ1) is 14.7. The Labute approximate surface area is 119 Å². The Hall–Kier alpha value is -1.75. The van der Waals surface area contributed by atoms with E-state index < -0.39 is 5.97 Å². The molecular weight excluding hydrogens is 258 g/mol. The monoisotopic (exact) mass is 279 g/mol. The third-order valence-corrected chi connectivity index (χ3v) is 3.01. The lowest BCUT2D eigenvalue weighted by molar-refractivity contribution is -0.138. The Morgan fingerprint density at radius 2 is 2.10 bits per heavy atom. The first-order valence-electron chi connectivity index (χ1n) is 6.87. The van der Waals surface area contributed by atoms with Gasteiger partial charge >= 0.3 is 5.97 Å². The summed E-state index contributed by atoms with van der Waals surface area (Å²) >= 11 is 0. The van der Waals surface area contributed by atoms with E-state index >= 15 is 0 Å². The lowest BCUT2D eigenvalue weighted by atomic mass is 10.2. The van der Waals surface area contributed by atoms with Crippen molar-refractivity contribution in [1.29, 1.82) is 0 Å². The summed E-state index contributed by atoms with van der Waals surface area (Å²) < 4.78 is 11.5. The highest BCUT2D eigenvalue weighted by Gasteiger charge is 2.24. The predicted octanol–water partition coefficient (Wildman–Crippen LogP) is 1.87. The van der Waals surface area contributed by atoms with Gasteiger partial charge in [-0.2, -0.15) is 0 Å². The second-order valence-electron chi connectivity index (χ2n) is 5.48. The molecule has 0 fully saturated rings. The summed E-state index contributed by atoms with van der Waals surface area (Å²) in [6.45, 7) is 5.91. The lowest BCUT2D eigenvalue weighted by Crippen LogP contribution is -2.44. The van der Waals surface area contributed by atoms with Gasteiger partial charge < -0.3 is 14.6 Å². The van der Waals surface area contributed by atoms with E-state index in [9.17, 15) is 4.79 Å². The highest BCUT2D eigenvalue weighted by atomic mass is 16.6. The molecule has 0 amide bonds. The second-order valence-corrected chi connectivity index (χ2v) is 5.48. The van der Waals surface area contributed by atoms with Gasteiger partial charge in [0.05, 0.1) is 6.54 Å². The molecular formula is C15H21NO4. The molecule has 1 aromatic rings. The predicted molar refractivity (Wildman–Crippen MR) is 75.3 cm³/mol. The molecule has 1 aliphatic heterocycles. The first-order chi connectivity index (χ1) is 9.54. The Morgan fingerprint density at radius 3 is 2.75 bits per heavy atom. The molecule has 0 saturated carbocycles. The number of aliphatic carboxylic acids is 1. The molecule has 20 heavy (non-hydrogen) atoms. The number of fused-ring (bicyclic) bond motifs is 1. The zero-order valence-corrected chi connectivity index (χ0v) is 11.9. The highest BCUT2D eigenvalue weighted by molar-refractivity contribution is 5.69. The zero-order valence-electron chi connectivity index (χ0n) is 11.9. The van der Waals surface area contributed by atoms with Gasteiger partial charge in [-0.1, -0.05) is 26.0 Å². The molecule has 5 nitrogen and oxygen atoms in total. The van der Waals surface area contributed by atoms with E-state index in [2.05, 4.69) is 13.8 Å². The van der Waals surface area contributed by atoms with Gasteiger partial charge in [0.2, 0.25) is 0 Å². The molecule has 0 spiro atoms. The average molecular weight is 279 g/mol. The maximum Gasteiger partial charge on any atom is 0.317 e. The summed E-state index contributed by atoms with van der Waals surface area (Å²) in [6.07, 6.45) is -0.136. The van der Waals surface area contributed by atoms with Crippen LogP contribution in [0.3, 0.4) is 0 Å². The van der Waals surface area contributed by atoms with Gasteiger partial charge in [0.1, 0.15) is 12.7 Å². The Morgan fingerprint density at radius 1 is 1.40 bits per heavy atom. The Kier molecular flexibility index (Phi) is 4.84. The standard InChI is InChI=1S/C15H21NO4/c1-11(2)7-16(9-15(17)18)8-12-10-19-13-5-3-4-6-14(13)20-12/h3-6,11-12H,7-10H2,1-2H3,(H,17,18). The van der Waals surface area contributed by atoms with Gasteiger partial charge in [0.15, 0.2) is 11.5 Å². The number of rotatable bonds is 6. The van der Waals surface area contributed by atoms with E-state index in [1.165, 1.54) is 0 Å². The fourth-order valence-electron chi connectivity index (χ4n) is 2.35. The summed E-state index contributed by atoms with van der Waals surface area (Å²) in [4.78, 5) is 12.8. The second kappa shape index (κ2) is 6.61. The van der Waals surface area contributed by atoms with Crippen molar-refractivity contribution in [2.75, 3.05) is 26.2 Å². The van der Waals surface area contributed by atoms with E-state index in [0.29, 0.717) is 19.1 Å². The SMILES string of the molecule is CC(C)CN(CC(=O)O)CC1COc2ccccc2O1. The first-order valence-corrected chi connectivity index (χ1v) is 6.87. The van der Waals surface area contributed by atoms with Crippen molar-refractivity contribution in [3.8, 4) is 11.5 Å². The van der Waals surface area contributed by atoms with Crippen LogP contribution < -0.4 is 9.47 Å². The molecule has 1 atom stereocenters. The molecule has 5 heteroatoms. The van der Waals surface area contributed by atoms with Crippen LogP contribution in [0.1, 0.15) is 13.8 Å². The maximum atomic E-state index is 10.9. The van der Waals surface area contributed by atoms with Crippen LogP contribution in [0.15, 0.2) is 24.3 Å². The van der Waals surface area contributed by atoms with Gasteiger partial charge in [0.25, 0.3) is 0 Å². The summed E-state index contributed by atoms with van der Waals surface area (Å²) in [6, 6.07) is 7.53. The quantitative estimate of drug-likeness (QED) is 0.861. The van der Waals surface area contributed by atoms with Crippen LogP contribution in [0.25, 0.3) is 0 Å². The number of nitrogens with zero attached hydrogens (tertiary/aromatic N) is 1. The van der Waals surface area contributed by atoms with E-state index in [4.69, 9.17) is 14.6 Å². The van der Waals surface area contributed by atoms with E-state index in [0.717, 1.165) is 18.0 Å². The van der Waals surface area contributed by atoms with Crippen molar-refractivity contribution in [2.45, 2.75) is 20.0 Å². The number of hydrogen-bond donors (Lipinski definition) is 1. The van der Waals surface area contributed by atoms with Crippen LogP contribution >= 0.6 is 0 Å². The molecule has 0 aromatic heterocycles. The van der Waals surface area contributed by atoms with Crippen molar-refractivity contribution in [1.82, 2.24) is 4.90 Å². The van der Waals surface area contributed by atoms with Crippen LogP contribution in [0.5, 0.6) is 11.5 Å². The van der Waals surface area contributed by atoms with Crippen molar-refractivity contribution in [3.05, 3.63) is 24.3 Å². The topological polar surface area (TPSA) is 59.0 Å². The molecule has 2 rings (SSSR count). The van der Waals surface area contributed by atoms with Gasteiger partial charge in [-0.3, -0.25) is 9.69 Å². The van der Waals surface area contributed by atoms with Crippen LogP contribution in [-0.2, 0) is 4.79 Å². The number of carboxylic acids is 1. The van der Waals surface area contributed by atoms with Crippen LogP contribution in [0, 0.1) is 5.92 Å². The molecule has 1 N–H and O–H groups in total. The fraction of sp³-hybridized carbons (Fsp3) is 0.533. The van der Waals surface area contributed by atoms with Gasteiger partial charge in [-0.05, 0) is 18.1 Å². The third-order valence-electron chi connectivity index (χ3n) is 3.01. The molecule has 110 valence electrons. The molecule has 1 heterocycles. The number of benzene rings is 1. The van der Waals surface area contributed by atoms with Crippen molar-refractivity contribution < 1.29 is 19.4 Å². The maximum absolute atomic E-state index is 10.9.